The molecule has 0 amide bonds. The number of aryl methyl sites for hydroxylation is 2. The maximum absolute atomic E-state index is 12.9. The van der Waals surface area contributed by atoms with Gasteiger partial charge in [-0.1, -0.05) is 89.5 Å². The first kappa shape index (κ1) is 31.2. The van der Waals surface area contributed by atoms with Gasteiger partial charge in [0.15, 0.2) is 11.5 Å². The van der Waals surface area contributed by atoms with Crippen molar-refractivity contribution in [3.8, 4) is 11.5 Å². The fourth-order valence-corrected chi connectivity index (χ4v) is 6.85. The quantitative estimate of drug-likeness (QED) is 0.109. The predicted molar refractivity (Wildman–Crippen MR) is 158 cm³/mol. The average molecular weight is 593 g/mol. The second-order valence-corrected chi connectivity index (χ2v) is 13.6. The molecule has 214 valence electrons. The molecular weight excluding hydrogens is 553 g/mol. The highest BCUT2D eigenvalue weighted by Gasteiger charge is 2.24. The van der Waals surface area contributed by atoms with Crippen LogP contribution in [-0.2, 0) is 33.1 Å². The Hall–Kier alpha value is -2.36. The zero-order valence-corrected chi connectivity index (χ0v) is 25.4. The van der Waals surface area contributed by atoms with Crippen LogP contribution >= 0.6 is 11.3 Å². The van der Waals surface area contributed by atoms with Crippen molar-refractivity contribution in [1.29, 1.82) is 0 Å². The van der Waals surface area contributed by atoms with Crippen molar-refractivity contribution in [3.05, 3.63) is 70.4 Å². The molecule has 39 heavy (non-hydrogen) atoms. The summed E-state index contributed by atoms with van der Waals surface area (Å²) in [5.74, 6) is -0.323. The van der Waals surface area contributed by atoms with E-state index in [4.69, 9.17) is 8.37 Å². The van der Waals surface area contributed by atoms with Gasteiger partial charge in [0, 0.05) is 10.8 Å². The highest BCUT2D eigenvalue weighted by Crippen LogP contribution is 2.36. The van der Waals surface area contributed by atoms with E-state index in [1.807, 2.05) is 0 Å². The summed E-state index contributed by atoms with van der Waals surface area (Å²) in [6.45, 7) is 4.32. The lowest BCUT2D eigenvalue weighted by Crippen LogP contribution is -2.13. The highest BCUT2D eigenvalue weighted by atomic mass is 32.2. The third kappa shape index (κ3) is 9.96. The van der Waals surface area contributed by atoms with E-state index in [9.17, 15) is 16.8 Å². The fourth-order valence-electron chi connectivity index (χ4n) is 4.22. The molecule has 1 aromatic heterocycles. The molecule has 3 aromatic rings. The Balaban J connectivity index is 1.56. The van der Waals surface area contributed by atoms with Crippen molar-refractivity contribution in [1.82, 2.24) is 0 Å². The molecule has 0 N–H and O–H groups in total. The van der Waals surface area contributed by atoms with E-state index in [1.54, 1.807) is 24.3 Å². The van der Waals surface area contributed by atoms with Crippen LogP contribution in [0.15, 0.2) is 69.1 Å². The second-order valence-electron chi connectivity index (χ2n) is 9.79. The molecule has 0 radical (unpaired) electrons. The van der Waals surface area contributed by atoms with Crippen molar-refractivity contribution in [2.24, 2.45) is 0 Å². The monoisotopic (exact) mass is 592 g/mol. The summed E-state index contributed by atoms with van der Waals surface area (Å²) in [5.41, 5.74) is 2.12. The largest absolute Gasteiger partial charge is 0.374 e. The van der Waals surface area contributed by atoms with E-state index in [2.05, 4.69) is 13.8 Å². The summed E-state index contributed by atoms with van der Waals surface area (Å²) in [5, 5.41) is 2.82. The van der Waals surface area contributed by atoms with Crippen molar-refractivity contribution >= 4 is 31.6 Å². The summed E-state index contributed by atoms with van der Waals surface area (Å²) in [7, 11) is -8.32. The summed E-state index contributed by atoms with van der Waals surface area (Å²) in [6.07, 6.45) is 13.8. The zero-order valence-electron chi connectivity index (χ0n) is 22.9. The average Bonchev–Trinajstić information content (AvgIpc) is 3.34. The summed E-state index contributed by atoms with van der Waals surface area (Å²) in [4.78, 5) is -0.000290. The molecule has 2 aromatic carbocycles. The maximum Gasteiger partial charge on any atom is 0.339 e. The van der Waals surface area contributed by atoms with Gasteiger partial charge in [0.2, 0.25) is 0 Å². The van der Waals surface area contributed by atoms with Gasteiger partial charge in [0.05, 0.1) is 0 Å². The van der Waals surface area contributed by atoms with Gasteiger partial charge in [0.1, 0.15) is 9.79 Å². The Kier molecular flexibility index (Phi) is 12.3. The molecule has 0 bridgehead atoms. The van der Waals surface area contributed by atoms with E-state index in [-0.39, 0.29) is 21.3 Å². The lowest BCUT2D eigenvalue weighted by molar-refractivity contribution is 0.451. The van der Waals surface area contributed by atoms with Gasteiger partial charge in [-0.15, -0.1) is 11.3 Å². The van der Waals surface area contributed by atoms with E-state index < -0.39 is 20.2 Å². The minimum absolute atomic E-state index is 0.00449. The summed E-state index contributed by atoms with van der Waals surface area (Å²) >= 11 is 1.09. The Morgan fingerprint density at radius 3 is 1.36 bits per heavy atom. The highest BCUT2D eigenvalue weighted by molar-refractivity contribution is 7.87. The zero-order chi connectivity index (χ0) is 28.1. The van der Waals surface area contributed by atoms with Crippen LogP contribution in [-0.4, -0.2) is 16.8 Å². The van der Waals surface area contributed by atoms with Gasteiger partial charge >= 0.3 is 20.2 Å². The van der Waals surface area contributed by atoms with Crippen LogP contribution in [0.2, 0.25) is 0 Å². The number of rotatable bonds is 18. The number of hydrogen-bond acceptors (Lipinski definition) is 7. The van der Waals surface area contributed by atoms with E-state index in [1.165, 1.54) is 80.0 Å². The molecule has 0 aliphatic heterocycles. The van der Waals surface area contributed by atoms with Gasteiger partial charge in [-0.05, 0) is 61.1 Å². The minimum Gasteiger partial charge on any atom is -0.374 e. The molecule has 0 saturated carbocycles. The lowest BCUT2D eigenvalue weighted by Gasteiger charge is -2.10. The molecule has 0 spiro atoms. The predicted octanol–water partition coefficient (Wildman–Crippen LogP) is 8.31. The number of unbranched alkanes of at least 4 members (excludes halogenated alkanes) is 8. The van der Waals surface area contributed by atoms with Crippen LogP contribution in [0.4, 0.5) is 0 Å². The Bertz CT molecular complexity index is 1340. The van der Waals surface area contributed by atoms with Crippen molar-refractivity contribution in [3.63, 3.8) is 0 Å². The van der Waals surface area contributed by atoms with Crippen molar-refractivity contribution < 1.29 is 25.2 Å². The Morgan fingerprint density at radius 2 is 0.923 bits per heavy atom. The van der Waals surface area contributed by atoms with Gasteiger partial charge < -0.3 is 8.37 Å². The molecule has 0 saturated heterocycles. The summed E-state index contributed by atoms with van der Waals surface area (Å²) < 4.78 is 62.0. The van der Waals surface area contributed by atoms with E-state index in [0.717, 1.165) is 54.6 Å². The van der Waals surface area contributed by atoms with Crippen LogP contribution in [0.3, 0.4) is 0 Å². The maximum atomic E-state index is 12.9. The molecule has 9 heteroatoms. The van der Waals surface area contributed by atoms with Gasteiger partial charge in [-0.25, -0.2) is 0 Å². The first-order valence-electron chi connectivity index (χ1n) is 13.9. The fraction of sp³-hybridized carbons (Fsp3) is 0.467. The van der Waals surface area contributed by atoms with Crippen LogP contribution in [0.1, 0.15) is 89.2 Å². The number of thiophene rings is 1. The Labute approximate surface area is 238 Å². The van der Waals surface area contributed by atoms with Gasteiger partial charge in [-0.2, -0.15) is 16.8 Å². The molecule has 0 atom stereocenters. The molecule has 0 unspecified atom stereocenters. The topological polar surface area (TPSA) is 86.7 Å². The van der Waals surface area contributed by atoms with E-state index >= 15 is 0 Å². The standard InChI is InChI=1S/C30H40O6S3/c1-3-5-7-8-9-10-11-12-14-26-17-21-28(22-18-26)39(33,34)36-30-24-37-23-29(30)35-38(31,32)27-19-15-25(16-20-27)13-6-4-2/h15-24H,3-14H2,1-2H3. The first-order valence-corrected chi connectivity index (χ1v) is 17.6. The molecule has 3 rings (SSSR count). The van der Waals surface area contributed by atoms with Crippen molar-refractivity contribution in [2.75, 3.05) is 0 Å². The van der Waals surface area contributed by atoms with Crippen molar-refractivity contribution in [2.45, 2.75) is 101 Å². The van der Waals surface area contributed by atoms with Crippen LogP contribution in [0, 0.1) is 0 Å². The summed E-state index contributed by atoms with van der Waals surface area (Å²) in [6, 6.07) is 13.2. The second kappa shape index (κ2) is 15.4. The number of hydrogen-bond donors (Lipinski definition) is 0. The molecule has 0 aliphatic rings. The van der Waals surface area contributed by atoms with Crippen LogP contribution < -0.4 is 8.37 Å². The minimum atomic E-state index is -4.17. The van der Waals surface area contributed by atoms with Gasteiger partial charge in [-0.3, -0.25) is 0 Å². The normalized spacial score (nSPS) is 11.9. The third-order valence-corrected chi connectivity index (χ3v) is 9.75. The lowest BCUT2D eigenvalue weighted by atomic mass is 10.0. The smallest absolute Gasteiger partial charge is 0.339 e. The van der Waals surface area contributed by atoms with Gasteiger partial charge in [0.25, 0.3) is 0 Å². The van der Waals surface area contributed by atoms with Crippen LogP contribution in [0.5, 0.6) is 11.5 Å². The first-order chi connectivity index (χ1) is 18.7. The Morgan fingerprint density at radius 1 is 0.538 bits per heavy atom. The van der Waals surface area contributed by atoms with Crippen LogP contribution in [0.25, 0.3) is 0 Å². The molecular formula is C30H40O6S3. The molecule has 1 heterocycles. The SMILES string of the molecule is CCCCCCCCCCc1ccc(S(=O)(=O)Oc2cscc2OS(=O)(=O)c2ccc(CCCC)cc2)cc1. The molecule has 0 aliphatic carbocycles. The third-order valence-electron chi connectivity index (χ3n) is 6.55. The molecule has 6 nitrogen and oxygen atoms in total. The molecule has 0 fully saturated rings. The number of benzene rings is 2. The van der Waals surface area contributed by atoms with E-state index in [0.29, 0.717) is 0 Å².